The van der Waals surface area contributed by atoms with Crippen LogP contribution in [0.4, 0.5) is 0 Å². The van der Waals surface area contributed by atoms with E-state index in [0.29, 0.717) is 45.0 Å². The second-order valence-corrected chi connectivity index (χ2v) is 15.1. The Morgan fingerprint density at radius 1 is 0.339 bits per heavy atom. The molecule has 62 heavy (non-hydrogen) atoms. The molecule has 3 aromatic heterocycles. The van der Waals surface area contributed by atoms with Crippen LogP contribution in [-0.4, -0.2) is 19.1 Å². The molecule has 7 nitrogen and oxygen atoms in total. The number of rotatable bonds is 6. The van der Waals surface area contributed by atoms with Gasteiger partial charge in [-0.1, -0.05) is 115 Å². The summed E-state index contributed by atoms with van der Waals surface area (Å²) in [6.07, 6.45) is 0. The van der Waals surface area contributed by atoms with Crippen LogP contribution in [0.15, 0.2) is 188 Å². The fourth-order valence-corrected chi connectivity index (χ4v) is 8.85. The van der Waals surface area contributed by atoms with Crippen molar-refractivity contribution in [1.82, 2.24) is 19.1 Å². The Morgan fingerprint density at radius 2 is 0.806 bits per heavy atom. The van der Waals surface area contributed by atoms with Crippen molar-refractivity contribution in [3.8, 4) is 74.6 Å². The third-order valence-electron chi connectivity index (χ3n) is 11.7. The zero-order valence-corrected chi connectivity index (χ0v) is 33.0. The average Bonchev–Trinajstić information content (AvgIpc) is 3.86. The van der Waals surface area contributed by atoms with Gasteiger partial charge in [0.25, 0.3) is 0 Å². The fraction of sp³-hybridized carbons (Fsp3) is 0. The van der Waals surface area contributed by atoms with Crippen molar-refractivity contribution in [1.29, 1.82) is 15.8 Å². The van der Waals surface area contributed by atoms with Gasteiger partial charge in [-0.25, -0.2) is 9.97 Å². The zero-order valence-electron chi connectivity index (χ0n) is 33.0. The van der Waals surface area contributed by atoms with Gasteiger partial charge in [0.05, 0.1) is 68.4 Å². The molecular formula is C55H31N7. The number of hydrogen-bond donors (Lipinski definition) is 0. The first-order chi connectivity index (χ1) is 30.6. The summed E-state index contributed by atoms with van der Waals surface area (Å²) in [5.41, 5.74) is 12.9. The molecule has 0 saturated heterocycles. The summed E-state index contributed by atoms with van der Waals surface area (Å²) in [6, 6.07) is 69.7. The maximum absolute atomic E-state index is 10.6. The molecule has 0 unspecified atom stereocenters. The molecule has 11 aromatic rings. The first-order valence-electron chi connectivity index (χ1n) is 20.2. The smallest absolute Gasteiger partial charge is 0.161 e. The largest absolute Gasteiger partial charge is 0.309 e. The molecule has 7 heteroatoms. The lowest BCUT2D eigenvalue weighted by Crippen LogP contribution is -1.98. The number of benzene rings is 8. The van der Waals surface area contributed by atoms with Crippen molar-refractivity contribution in [2.24, 2.45) is 0 Å². The van der Waals surface area contributed by atoms with Crippen molar-refractivity contribution in [3.05, 3.63) is 205 Å². The minimum Gasteiger partial charge on any atom is -0.309 e. The summed E-state index contributed by atoms with van der Waals surface area (Å²) < 4.78 is 4.58. The van der Waals surface area contributed by atoms with Gasteiger partial charge in [0.2, 0.25) is 0 Å². The Labute approximate surface area is 356 Å². The van der Waals surface area contributed by atoms with Gasteiger partial charge < -0.3 is 9.13 Å². The molecule has 0 bridgehead atoms. The summed E-state index contributed by atoms with van der Waals surface area (Å²) in [4.78, 5) is 9.79. The van der Waals surface area contributed by atoms with Gasteiger partial charge in [-0.15, -0.1) is 0 Å². The van der Waals surface area contributed by atoms with Crippen LogP contribution in [-0.2, 0) is 0 Å². The first-order valence-corrected chi connectivity index (χ1v) is 20.2. The fourth-order valence-electron chi connectivity index (χ4n) is 8.85. The highest BCUT2D eigenvalue weighted by molar-refractivity contribution is 6.12. The molecule has 0 fully saturated rings. The van der Waals surface area contributed by atoms with Crippen LogP contribution in [0.5, 0.6) is 0 Å². The summed E-state index contributed by atoms with van der Waals surface area (Å²) in [7, 11) is 0. The van der Waals surface area contributed by atoms with E-state index >= 15 is 0 Å². The molecule has 0 aliphatic rings. The highest BCUT2D eigenvalue weighted by Gasteiger charge is 2.19. The van der Waals surface area contributed by atoms with E-state index in [4.69, 9.17) is 9.97 Å². The number of aromatic nitrogens is 4. The zero-order chi connectivity index (χ0) is 41.7. The molecule has 0 N–H and O–H groups in total. The summed E-state index contributed by atoms with van der Waals surface area (Å²) in [5, 5.41) is 35.1. The standard InChI is InChI=1S/C55H31N7/c56-32-37-11-1-3-13-43(37)50-31-49(59-55(60-50)44-14-4-2-12-38(44)33-57)36-23-21-35(22-24-36)42-27-25-40(29-39(42)34-58)61-53-20-10-7-17-47(53)48-30-41(26-28-54(48)61)62-51-18-8-5-15-45(51)46-16-6-9-19-52(46)62/h1-31H. The predicted octanol–water partition coefficient (Wildman–Crippen LogP) is 13.0. The summed E-state index contributed by atoms with van der Waals surface area (Å²) in [5.74, 6) is 0.391. The van der Waals surface area contributed by atoms with Crippen molar-refractivity contribution < 1.29 is 0 Å². The Kier molecular flexibility index (Phi) is 8.50. The van der Waals surface area contributed by atoms with E-state index < -0.39 is 0 Å². The lowest BCUT2D eigenvalue weighted by molar-refractivity contribution is 1.16. The normalized spacial score (nSPS) is 11.2. The van der Waals surface area contributed by atoms with Crippen molar-refractivity contribution in [3.63, 3.8) is 0 Å². The Bertz CT molecular complexity index is 3610. The minimum atomic E-state index is 0.391. The maximum Gasteiger partial charge on any atom is 0.161 e. The van der Waals surface area contributed by atoms with Gasteiger partial charge in [-0.05, 0) is 83.9 Å². The first kappa shape index (κ1) is 36.0. The van der Waals surface area contributed by atoms with Crippen molar-refractivity contribution >= 4 is 43.6 Å². The average molecular weight is 790 g/mol. The van der Waals surface area contributed by atoms with Gasteiger partial charge in [0, 0.05) is 49.6 Å². The van der Waals surface area contributed by atoms with E-state index in [0.717, 1.165) is 60.9 Å². The summed E-state index contributed by atoms with van der Waals surface area (Å²) >= 11 is 0. The molecule has 0 aliphatic carbocycles. The SMILES string of the molecule is N#Cc1cc(-n2c3ccccc3c3cc(-n4c5ccccc5c5ccccc54)ccc32)ccc1-c1ccc(-c2cc(-c3ccccc3C#N)nc(-c3ccccc3C#N)n2)cc1. The van der Waals surface area contributed by atoms with Crippen LogP contribution < -0.4 is 0 Å². The van der Waals surface area contributed by atoms with Gasteiger partial charge in [0.1, 0.15) is 0 Å². The van der Waals surface area contributed by atoms with Crippen LogP contribution in [0.2, 0.25) is 0 Å². The monoisotopic (exact) mass is 789 g/mol. The molecule has 0 aliphatic heterocycles. The third kappa shape index (κ3) is 5.80. The van der Waals surface area contributed by atoms with E-state index in [2.05, 4.69) is 124 Å². The van der Waals surface area contributed by atoms with Crippen LogP contribution in [0.1, 0.15) is 16.7 Å². The molecule has 0 atom stereocenters. The quantitative estimate of drug-likeness (QED) is 0.167. The maximum atomic E-state index is 10.6. The van der Waals surface area contributed by atoms with Gasteiger partial charge in [-0.3, -0.25) is 0 Å². The Morgan fingerprint density at radius 3 is 1.44 bits per heavy atom. The lowest BCUT2D eigenvalue weighted by atomic mass is 9.97. The summed E-state index contributed by atoms with van der Waals surface area (Å²) in [6.45, 7) is 0. The predicted molar refractivity (Wildman–Crippen MR) is 247 cm³/mol. The molecule has 0 spiro atoms. The van der Waals surface area contributed by atoms with Crippen molar-refractivity contribution in [2.75, 3.05) is 0 Å². The molecule has 8 aromatic carbocycles. The molecular weight excluding hydrogens is 759 g/mol. The van der Waals surface area contributed by atoms with Crippen LogP contribution in [0.25, 0.3) is 100 Å². The highest BCUT2D eigenvalue weighted by Crippen LogP contribution is 2.38. The van der Waals surface area contributed by atoms with Crippen LogP contribution in [0, 0.1) is 34.0 Å². The van der Waals surface area contributed by atoms with E-state index in [9.17, 15) is 15.8 Å². The molecule has 286 valence electrons. The second-order valence-electron chi connectivity index (χ2n) is 15.1. The molecule has 0 radical (unpaired) electrons. The highest BCUT2D eigenvalue weighted by atomic mass is 15.0. The van der Waals surface area contributed by atoms with E-state index in [1.54, 1.807) is 12.1 Å². The van der Waals surface area contributed by atoms with Crippen LogP contribution in [0.3, 0.4) is 0 Å². The lowest BCUT2D eigenvalue weighted by Gasteiger charge is -2.13. The molecule has 3 heterocycles. The number of para-hydroxylation sites is 3. The number of nitrogens with zero attached hydrogens (tertiary/aromatic N) is 7. The van der Waals surface area contributed by atoms with Crippen molar-refractivity contribution in [2.45, 2.75) is 0 Å². The third-order valence-corrected chi connectivity index (χ3v) is 11.7. The van der Waals surface area contributed by atoms with E-state index in [-0.39, 0.29) is 0 Å². The van der Waals surface area contributed by atoms with Gasteiger partial charge in [0.15, 0.2) is 5.82 Å². The van der Waals surface area contributed by atoms with E-state index in [1.165, 1.54) is 10.8 Å². The number of hydrogen-bond acceptors (Lipinski definition) is 5. The molecule has 11 rings (SSSR count). The molecule has 0 saturated carbocycles. The molecule has 0 amide bonds. The Balaban J connectivity index is 0.991. The number of fused-ring (bicyclic) bond motifs is 6. The van der Waals surface area contributed by atoms with E-state index in [1.807, 2.05) is 78.9 Å². The number of nitriles is 3. The van der Waals surface area contributed by atoms with Crippen LogP contribution >= 0.6 is 0 Å². The topological polar surface area (TPSA) is 107 Å². The van der Waals surface area contributed by atoms with Gasteiger partial charge in [-0.2, -0.15) is 15.8 Å². The van der Waals surface area contributed by atoms with Gasteiger partial charge >= 0.3 is 0 Å². The minimum absolute atomic E-state index is 0.391. The Hall–Kier alpha value is -9.09. The second kappa shape index (κ2) is 14.6.